The minimum Gasteiger partial charge on any atom is -0.506 e. The van der Waals surface area contributed by atoms with Gasteiger partial charge in [-0.2, -0.15) is 0 Å². The van der Waals surface area contributed by atoms with E-state index in [2.05, 4.69) is 0 Å². The van der Waals surface area contributed by atoms with Crippen molar-refractivity contribution < 1.29 is 15.0 Å². The van der Waals surface area contributed by atoms with Crippen LogP contribution in [-0.4, -0.2) is 16.2 Å². The molecule has 0 aromatic heterocycles. The van der Waals surface area contributed by atoms with Gasteiger partial charge in [-0.15, -0.1) is 0 Å². The van der Waals surface area contributed by atoms with E-state index in [0.717, 1.165) is 6.07 Å². The second-order valence-electron chi connectivity index (χ2n) is 2.53. The van der Waals surface area contributed by atoms with Gasteiger partial charge in [0.05, 0.1) is 11.3 Å². The average Bonchev–Trinajstić information content (AvgIpc) is 1.96. The maximum Gasteiger partial charge on any atom is 0.336 e. The summed E-state index contributed by atoms with van der Waals surface area (Å²) in [5, 5.41) is 17.7. The summed E-state index contributed by atoms with van der Waals surface area (Å²) < 4.78 is 0. The molecule has 1 aromatic rings. The van der Waals surface area contributed by atoms with Gasteiger partial charge >= 0.3 is 5.97 Å². The minimum absolute atomic E-state index is 0.0710. The highest BCUT2D eigenvalue weighted by molar-refractivity contribution is 5.90. The lowest BCUT2D eigenvalue weighted by atomic mass is 10.1. The first kappa shape index (κ1) is 8.39. The summed E-state index contributed by atoms with van der Waals surface area (Å²) in [4.78, 5) is 10.5. The number of aromatic carboxylic acids is 1. The van der Waals surface area contributed by atoms with Crippen molar-refractivity contribution >= 4 is 11.7 Å². The van der Waals surface area contributed by atoms with Crippen molar-refractivity contribution in [2.75, 3.05) is 5.73 Å². The van der Waals surface area contributed by atoms with Crippen molar-refractivity contribution in [2.45, 2.75) is 6.92 Å². The Morgan fingerprint density at radius 1 is 1.50 bits per heavy atom. The molecular formula is C8H9NO3. The predicted molar refractivity (Wildman–Crippen MR) is 44.2 cm³/mol. The Morgan fingerprint density at radius 3 is 2.58 bits per heavy atom. The molecular weight excluding hydrogens is 158 g/mol. The SMILES string of the molecule is Cc1cc(N)c(O)cc1C(=O)O. The van der Waals surface area contributed by atoms with Crippen LogP contribution in [0.25, 0.3) is 0 Å². The number of rotatable bonds is 1. The highest BCUT2D eigenvalue weighted by atomic mass is 16.4. The van der Waals surface area contributed by atoms with E-state index in [1.54, 1.807) is 6.92 Å². The van der Waals surface area contributed by atoms with Gasteiger partial charge in [0.1, 0.15) is 5.75 Å². The Morgan fingerprint density at radius 2 is 2.08 bits per heavy atom. The summed E-state index contributed by atoms with van der Waals surface area (Å²) in [5.74, 6) is -1.26. The highest BCUT2D eigenvalue weighted by Crippen LogP contribution is 2.23. The number of aryl methyl sites for hydroxylation is 1. The van der Waals surface area contributed by atoms with Gasteiger partial charge in [-0.3, -0.25) is 0 Å². The van der Waals surface area contributed by atoms with Crippen molar-refractivity contribution in [2.24, 2.45) is 0 Å². The fraction of sp³-hybridized carbons (Fsp3) is 0.125. The zero-order valence-corrected chi connectivity index (χ0v) is 6.53. The number of nitrogen functional groups attached to an aromatic ring is 1. The van der Waals surface area contributed by atoms with E-state index in [1.165, 1.54) is 6.07 Å². The van der Waals surface area contributed by atoms with Gasteiger partial charge in [0.15, 0.2) is 0 Å². The van der Waals surface area contributed by atoms with Crippen LogP contribution in [-0.2, 0) is 0 Å². The lowest BCUT2D eigenvalue weighted by molar-refractivity contribution is 0.0695. The third-order valence-corrected chi connectivity index (χ3v) is 1.60. The first-order chi connectivity index (χ1) is 5.52. The number of carboxylic acids is 1. The molecule has 0 atom stereocenters. The molecule has 0 aliphatic rings. The first-order valence-electron chi connectivity index (χ1n) is 3.34. The Hall–Kier alpha value is -1.71. The Balaban J connectivity index is 3.33. The number of aromatic hydroxyl groups is 1. The van der Waals surface area contributed by atoms with E-state index in [4.69, 9.17) is 15.9 Å². The lowest BCUT2D eigenvalue weighted by Crippen LogP contribution is -2.00. The summed E-state index contributed by atoms with van der Waals surface area (Å²) in [6.07, 6.45) is 0. The van der Waals surface area contributed by atoms with Crippen LogP contribution in [0.5, 0.6) is 5.75 Å². The summed E-state index contributed by atoms with van der Waals surface area (Å²) in [6, 6.07) is 2.58. The zero-order chi connectivity index (χ0) is 9.30. The number of carbonyl (C=O) groups is 1. The van der Waals surface area contributed by atoms with Crippen molar-refractivity contribution in [3.05, 3.63) is 23.3 Å². The smallest absolute Gasteiger partial charge is 0.336 e. The number of anilines is 1. The van der Waals surface area contributed by atoms with Gasteiger partial charge in [-0.05, 0) is 24.6 Å². The molecule has 4 N–H and O–H groups in total. The quantitative estimate of drug-likeness (QED) is 0.430. The molecule has 0 heterocycles. The van der Waals surface area contributed by atoms with E-state index in [1.807, 2.05) is 0 Å². The number of benzene rings is 1. The second-order valence-corrected chi connectivity index (χ2v) is 2.53. The maximum absolute atomic E-state index is 10.5. The first-order valence-corrected chi connectivity index (χ1v) is 3.34. The molecule has 0 aliphatic heterocycles. The monoisotopic (exact) mass is 167 g/mol. The third kappa shape index (κ3) is 1.32. The molecule has 4 nitrogen and oxygen atoms in total. The number of carboxylic acid groups (broad SMARTS) is 1. The van der Waals surface area contributed by atoms with Crippen LogP contribution < -0.4 is 5.73 Å². The number of hydrogen-bond donors (Lipinski definition) is 3. The van der Waals surface area contributed by atoms with E-state index >= 15 is 0 Å². The van der Waals surface area contributed by atoms with E-state index in [0.29, 0.717) is 5.56 Å². The van der Waals surface area contributed by atoms with Crippen molar-refractivity contribution in [1.29, 1.82) is 0 Å². The Labute approximate surface area is 69.3 Å². The molecule has 0 saturated heterocycles. The molecule has 0 amide bonds. The molecule has 0 unspecified atom stereocenters. The summed E-state index contributed by atoms with van der Waals surface area (Å²) in [7, 11) is 0. The molecule has 0 radical (unpaired) electrons. The fourth-order valence-corrected chi connectivity index (χ4v) is 0.949. The standard InChI is InChI=1S/C8H9NO3/c1-4-2-6(9)7(10)3-5(4)8(11)12/h2-3,10H,9H2,1H3,(H,11,12). The number of nitrogens with two attached hydrogens (primary N) is 1. The largest absolute Gasteiger partial charge is 0.506 e. The van der Waals surface area contributed by atoms with Gasteiger partial charge in [0.25, 0.3) is 0 Å². The molecule has 0 aliphatic carbocycles. The van der Waals surface area contributed by atoms with Crippen LogP contribution in [0.2, 0.25) is 0 Å². The molecule has 12 heavy (non-hydrogen) atoms. The van der Waals surface area contributed by atoms with Crippen LogP contribution in [0.1, 0.15) is 15.9 Å². The highest BCUT2D eigenvalue weighted by Gasteiger charge is 2.09. The van der Waals surface area contributed by atoms with Crippen LogP contribution in [0, 0.1) is 6.92 Å². The number of phenolic OH excluding ortho intramolecular Hbond substituents is 1. The molecule has 4 heteroatoms. The molecule has 1 aromatic carbocycles. The molecule has 0 saturated carbocycles. The van der Waals surface area contributed by atoms with Crippen molar-refractivity contribution in [1.82, 2.24) is 0 Å². The van der Waals surface area contributed by atoms with Gasteiger partial charge < -0.3 is 15.9 Å². The average molecular weight is 167 g/mol. The lowest BCUT2D eigenvalue weighted by Gasteiger charge is -2.03. The number of phenols is 1. The van der Waals surface area contributed by atoms with E-state index in [9.17, 15) is 4.79 Å². The van der Waals surface area contributed by atoms with Gasteiger partial charge in [-0.1, -0.05) is 0 Å². The fourth-order valence-electron chi connectivity index (χ4n) is 0.949. The van der Waals surface area contributed by atoms with E-state index in [-0.39, 0.29) is 17.0 Å². The second kappa shape index (κ2) is 2.73. The molecule has 64 valence electrons. The van der Waals surface area contributed by atoms with Crippen molar-refractivity contribution in [3.63, 3.8) is 0 Å². The van der Waals surface area contributed by atoms with Gasteiger partial charge in [-0.25, -0.2) is 4.79 Å². The van der Waals surface area contributed by atoms with Crippen molar-refractivity contribution in [3.8, 4) is 5.75 Å². The van der Waals surface area contributed by atoms with Crippen LogP contribution >= 0.6 is 0 Å². The maximum atomic E-state index is 10.5. The summed E-state index contributed by atoms with van der Waals surface area (Å²) in [6.45, 7) is 1.62. The minimum atomic E-state index is -1.07. The zero-order valence-electron chi connectivity index (χ0n) is 6.53. The van der Waals surface area contributed by atoms with Crippen LogP contribution in [0.15, 0.2) is 12.1 Å². The van der Waals surface area contributed by atoms with Gasteiger partial charge in [0.2, 0.25) is 0 Å². The molecule has 1 rings (SSSR count). The Kier molecular flexibility index (Phi) is 1.91. The molecule has 0 fully saturated rings. The Bertz CT molecular complexity index is 333. The van der Waals surface area contributed by atoms with Crippen LogP contribution in [0.3, 0.4) is 0 Å². The third-order valence-electron chi connectivity index (χ3n) is 1.60. The normalized spacial score (nSPS) is 9.75. The summed E-state index contributed by atoms with van der Waals surface area (Å²) >= 11 is 0. The molecule has 0 bridgehead atoms. The molecule has 0 spiro atoms. The van der Waals surface area contributed by atoms with Crippen LogP contribution in [0.4, 0.5) is 5.69 Å². The van der Waals surface area contributed by atoms with Gasteiger partial charge in [0, 0.05) is 0 Å². The number of hydrogen-bond acceptors (Lipinski definition) is 3. The summed E-state index contributed by atoms with van der Waals surface area (Å²) in [5.41, 5.74) is 6.15. The van der Waals surface area contributed by atoms with E-state index < -0.39 is 5.97 Å². The topological polar surface area (TPSA) is 83.5 Å². The predicted octanol–water partition coefficient (Wildman–Crippen LogP) is 0.981.